The lowest BCUT2D eigenvalue weighted by molar-refractivity contribution is 0.0873. The van der Waals surface area contributed by atoms with Crippen molar-refractivity contribution in [3.63, 3.8) is 0 Å². The Labute approximate surface area is 87.2 Å². The number of thiol groups is 1. The van der Waals surface area contributed by atoms with E-state index in [-0.39, 0.29) is 0 Å². The van der Waals surface area contributed by atoms with Gasteiger partial charge < -0.3 is 0 Å². The molecule has 0 heterocycles. The van der Waals surface area contributed by atoms with Crippen molar-refractivity contribution in [2.45, 2.75) is 51.5 Å². The predicted octanol–water partition coefficient (Wildman–Crippen LogP) is 3.03. The molecule has 2 unspecified atom stereocenters. The minimum absolute atomic E-state index is 0.316. The van der Waals surface area contributed by atoms with Gasteiger partial charge in [-0.1, -0.05) is 19.7 Å². The van der Waals surface area contributed by atoms with E-state index in [0.717, 1.165) is 17.8 Å². The van der Waals surface area contributed by atoms with Crippen LogP contribution in [0.15, 0.2) is 0 Å². The first kappa shape index (κ1) is 9.85. The largest absolute Gasteiger partial charge is 0.261 e. The Morgan fingerprint density at radius 1 is 1.15 bits per heavy atom. The van der Waals surface area contributed by atoms with Gasteiger partial charge in [-0.2, -0.15) is 0 Å². The van der Waals surface area contributed by atoms with Crippen LogP contribution in [0, 0.1) is 17.8 Å². The zero-order valence-electron chi connectivity index (χ0n) is 8.71. The normalized spacial score (nSPS) is 50.5. The number of hydrogen-bond donors (Lipinski definition) is 2. The summed E-state index contributed by atoms with van der Waals surface area (Å²) in [6, 6.07) is 0. The Hall–Kier alpha value is 0.310. The highest BCUT2D eigenvalue weighted by Crippen LogP contribution is 2.46. The van der Waals surface area contributed by atoms with Crippen LogP contribution < -0.4 is 4.72 Å². The standard InChI is InChI=1S/C11H21NS/c1-8-3-9-5-10(4-8)7-11(2,6-9)12-13/h8-10,12-13H,3-7H2,1-2H3/t8?,9-,10+,11?. The molecule has 1 N–H and O–H groups in total. The highest BCUT2D eigenvalue weighted by atomic mass is 32.1. The fraction of sp³-hybridized carbons (Fsp3) is 1.00. The first-order valence-electron chi connectivity index (χ1n) is 5.52. The zero-order chi connectivity index (χ0) is 9.47. The topological polar surface area (TPSA) is 12.0 Å². The van der Waals surface area contributed by atoms with Crippen LogP contribution in [0.5, 0.6) is 0 Å². The fourth-order valence-electron chi connectivity index (χ4n) is 3.68. The van der Waals surface area contributed by atoms with Gasteiger partial charge in [0.2, 0.25) is 0 Å². The lowest BCUT2D eigenvalue weighted by atomic mass is 9.63. The maximum Gasteiger partial charge on any atom is 0.0257 e. The summed E-state index contributed by atoms with van der Waals surface area (Å²) in [6.45, 7) is 4.74. The van der Waals surface area contributed by atoms with E-state index < -0.39 is 0 Å². The van der Waals surface area contributed by atoms with Gasteiger partial charge in [-0.3, -0.25) is 4.72 Å². The van der Waals surface area contributed by atoms with Crippen molar-refractivity contribution >= 4 is 12.8 Å². The Kier molecular flexibility index (Phi) is 2.63. The summed E-state index contributed by atoms with van der Waals surface area (Å²) in [6.07, 6.45) is 7.03. The van der Waals surface area contributed by atoms with Gasteiger partial charge in [0, 0.05) is 5.54 Å². The smallest absolute Gasteiger partial charge is 0.0257 e. The van der Waals surface area contributed by atoms with Crippen molar-refractivity contribution < 1.29 is 0 Å². The molecule has 2 rings (SSSR count). The van der Waals surface area contributed by atoms with Gasteiger partial charge >= 0.3 is 0 Å². The Bertz CT molecular complexity index is 175. The zero-order valence-corrected chi connectivity index (χ0v) is 9.61. The van der Waals surface area contributed by atoms with Crippen LogP contribution >= 0.6 is 12.8 Å². The van der Waals surface area contributed by atoms with Crippen molar-refractivity contribution in [3.05, 3.63) is 0 Å². The second kappa shape index (κ2) is 3.47. The summed E-state index contributed by atoms with van der Waals surface area (Å²) in [7, 11) is 0. The monoisotopic (exact) mass is 199 g/mol. The maximum atomic E-state index is 4.27. The van der Waals surface area contributed by atoms with E-state index in [1.54, 1.807) is 0 Å². The van der Waals surface area contributed by atoms with Gasteiger partial charge in [-0.05, 0) is 56.8 Å². The first-order chi connectivity index (χ1) is 6.11. The van der Waals surface area contributed by atoms with Crippen LogP contribution in [0.2, 0.25) is 0 Å². The molecule has 2 aliphatic rings. The number of hydrogen-bond acceptors (Lipinski definition) is 2. The molecule has 0 saturated heterocycles. The summed E-state index contributed by atoms with van der Waals surface area (Å²) < 4.78 is 3.22. The van der Waals surface area contributed by atoms with Gasteiger partial charge in [0.1, 0.15) is 0 Å². The predicted molar refractivity (Wildman–Crippen MR) is 59.8 cm³/mol. The third-order valence-electron chi connectivity index (χ3n) is 3.89. The van der Waals surface area contributed by atoms with Crippen LogP contribution in [-0.4, -0.2) is 5.54 Å². The Morgan fingerprint density at radius 2 is 1.69 bits per heavy atom. The van der Waals surface area contributed by atoms with E-state index in [1.807, 2.05) is 0 Å². The second-order valence-electron chi connectivity index (χ2n) is 5.63. The molecule has 1 nitrogen and oxygen atoms in total. The second-order valence-corrected chi connectivity index (χ2v) is 5.85. The molecule has 2 bridgehead atoms. The van der Waals surface area contributed by atoms with E-state index in [2.05, 4.69) is 31.4 Å². The number of fused-ring (bicyclic) bond motifs is 2. The summed E-state index contributed by atoms with van der Waals surface area (Å²) in [5.74, 6) is 2.90. The van der Waals surface area contributed by atoms with E-state index >= 15 is 0 Å². The highest BCUT2D eigenvalue weighted by molar-refractivity contribution is 7.78. The van der Waals surface area contributed by atoms with Crippen molar-refractivity contribution in [3.8, 4) is 0 Å². The van der Waals surface area contributed by atoms with Gasteiger partial charge in [-0.15, -0.1) is 0 Å². The molecule has 2 saturated carbocycles. The molecule has 0 spiro atoms. The minimum Gasteiger partial charge on any atom is -0.261 e. The molecule has 0 radical (unpaired) electrons. The van der Waals surface area contributed by atoms with Gasteiger partial charge in [-0.25, -0.2) is 0 Å². The number of rotatable bonds is 1. The molecule has 76 valence electrons. The van der Waals surface area contributed by atoms with E-state index in [0.29, 0.717) is 5.54 Å². The van der Waals surface area contributed by atoms with Crippen LogP contribution in [0.4, 0.5) is 0 Å². The van der Waals surface area contributed by atoms with E-state index in [1.165, 1.54) is 32.1 Å². The maximum absolute atomic E-state index is 4.27. The molecule has 0 aromatic carbocycles. The number of nitrogens with one attached hydrogen (secondary N) is 1. The SMILES string of the molecule is CC1C[C@@H]2C[C@H](C1)CC(C)(NS)C2. The van der Waals surface area contributed by atoms with E-state index in [9.17, 15) is 0 Å². The average Bonchev–Trinajstić information content (AvgIpc) is 2.01. The fourth-order valence-corrected chi connectivity index (χ4v) is 3.86. The molecule has 4 atom stereocenters. The Balaban J connectivity index is 2.05. The molecular weight excluding hydrogens is 178 g/mol. The van der Waals surface area contributed by atoms with Gasteiger partial charge in [0.05, 0.1) is 0 Å². The lowest BCUT2D eigenvalue weighted by Gasteiger charge is -2.46. The van der Waals surface area contributed by atoms with Crippen molar-refractivity contribution in [2.75, 3.05) is 0 Å². The van der Waals surface area contributed by atoms with E-state index in [4.69, 9.17) is 0 Å². The molecule has 0 aromatic heterocycles. The minimum atomic E-state index is 0.316. The molecular formula is C11H21NS. The third kappa shape index (κ3) is 2.04. The highest BCUT2D eigenvalue weighted by Gasteiger charge is 2.40. The summed E-state index contributed by atoms with van der Waals surface area (Å²) in [4.78, 5) is 0. The average molecular weight is 199 g/mol. The van der Waals surface area contributed by atoms with Crippen molar-refractivity contribution in [1.29, 1.82) is 0 Å². The van der Waals surface area contributed by atoms with Gasteiger partial charge in [0.15, 0.2) is 0 Å². The van der Waals surface area contributed by atoms with Crippen LogP contribution in [0.25, 0.3) is 0 Å². The van der Waals surface area contributed by atoms with Gasteiger partial charge in [0.25, 0.3) is 0 Å². The molecule has 2 aliphatic carbocycles. The third-order valence-corrected chi connectivity index (χ3v) is 4.43. The van der Waals surface area contributed by atoms with Crippen LogP contribution in [-0.2, 0) is 0 Å². The lowest BCUT2D eigenvalue weighted by Crippen LogP contribution is -2.46. The summed E-state index contributed by atoms with van der Waals surface area (Å²) in [5.41, 5.74) is 0.316. The summed E-state index contributed by atoms with van der Waals surface area (Å²) >= 11 is 4.27. The molecule has 0 aliphatic heterocycles. The Morgan fingerprint density at radius 3 is 2.15 bits per heavy atom. The molecule has 0 aromatic rings. The van der Waals surface area contributed by atoms with Crippen molar-refractivity contribution in [2.24, 2.45) is 17.8 Å². The van der Waals surface area contributed by atoms with Crippen LogP contribution in [0.3, 0.4) is 0 Å². The quantitative estimate of drug-likeness (QED) is 0.619. The molecule has 2 fully saturated rings. The van der Waals surface area contributed by atoms with Crippen LogP contribution in [0.1, 0.15) is 46.0 Å². The molecule has 2 heteroatoms. The van der Waals surface area contributed by atoms with Crippen molar-refractivity contribution in [1.82, 2.24) is 4.72 Å². The summed E-state index contributed by atoms with van der Waals surface area (Å²) in [5, 5.41) is 0. The molecule has 0 amide bonds. The first-order valence-corrected chi connectivity index (χ1v) is 5.97. The molecule has 13 heavy (non-hydrogen) atoms.